The quantitative estimate of drug-likeness (QED) is 0.556. The molecule has 0 aliphatic rings. The summed E-state index contributed by atoms with van der Waals surface area (Å²) in [6.07, 6.45) is 2.07. The van der Waals surface area contributed by atoms with Crippen molar-refractivity contribution >= 4 is 0 Å². The molecule has 9 heavy (non-hydrogen) atoms. The Hall–Kier alpha value is -1.12. The zero-order valence-corrected chi connectivity index (χ0v) is 5.29. The van der Waals surface area contributed by atoms with Crippen molar-refractivity contribution in [1.29, 1.82) is 0 Å². The number of hydrogen-bond acceptors (Lipinski definition) is 3. The van der Waals surface area contributed by atoms with Crippen molar-refractivity contribution in [3.63, 3.8) is 0 Å². The van der Waals surface area contributed by atoms with Crippen molar-refractivity contribution in [2.45, 2.75) is 13.3 Å². The van der Waals surface area contributed by atoms with Crippen LogP contribution in [-0.4, -0.2) is 10.1 Å². The zero-order chi connectivity index (χ0) is 6.69. The Balaban J connectivity index is 2.58. The Morgan fingerprint density at radius 1 is 1.89 bits per heavy atom. The molecule has 0 bridgehead atoms. The lowest BCUT2D eigenvalue weighted by molar-refractivity contribution is 0.383. The van der Waals surface area contributed by atoms with Gasteiger partial charge in [0.25, 0.3) is 0 Å². The van der Waals surface area contributed by atoms with Gasteiger partial charge < -0.3 is 4.52 Å². The maximum atomic E-state index is 4.72. The molecule has 0 amide bonds. The molecule has 1 heterocycles. The molecule has 0 aliphatic heterocycles. The number of rotatable bonds is 2. The van der Waals surface area contributed by atoms with Crippen LogP contribution in [0.15, 0.2) is 23.0 Å². The fourth-order valence-corrected chi connectivity index (χ4v) is 0.532. The van der Waals surface area contributed by atoms with E-state index in [2.05, 4.69) is 16.7 Å². The van der Waals surface area contributed by atoms with Crippen LogP contribution in [0, 0.1) is 0 Å². The van der Waals surface area contributed by atoms with Crippen LogP contribution in [0.4, 0.5) is 0 Å². The molecule has 0 unspecified atom stereocenters. The highest BCUT2D eigenvalue weighted by Crippen LogP contribution is 1.99. The second-order valence-electron chi connectivity index (χ2n) is 1.97. The molecule has 0 N–H and O–H groups in total. The van der Waals surface area contributed by atoms with E-state index in [0.29, 0.717) is 12.3 Å². The van der Waals surface area contributed by atoms with Crippen LogP contribution in [0.3, 0.4) is 0 Å². The predicted octanol–water partition coefficient (Wildman–Crippen LogP) is 1.19. The van der Waals surface area contributed by atoms with Crippen molar-refractivity contribution in [1.82, 2.24) is 10.1 Å². The van der Waals surface area contributed by atoms with Gasteiger partial charge in [-0.2, -0.15) is 4.98 Å². The maximum absolute atomic E-state index is 4.72. The van der Waals surface area contributed by atoms with Gasteiger partial charge in [0.1, 0.15) is 0 Å². The molecule has 0 atom stereocenters. The minimum absolute atomic E-state index is 0.627. The van der Waals surface area contributed by atoms with E-state index in [1.165, 1.54) is 6.33 Å². The first-order chi connectivity index (χ1) is 4.29. The third-order valence-electron chi connectivity index (χ3n) is 0.860. The van der Waals surface area contributed by atoms with Crippen molar-refractivity contribution in [3.8, 4) is 0 Å². The Morgan fingerprint density at radius 3 is 3.11 bits per heavy atom. The first kappa shape index (κ1) is 6.01. The Labute approximate surface area is 53.4 Å². The molecular weight excluding hydrogens is 116 g/mol. The summed E-state index contributed by atoms with van der Waals surface area (Å²) in [6.45, 7) is 5.62. The lowest BCUT2D eigenvalue weighted by Crippen LogP contribution is -1.83. The highest BCUT2D eigenvalue weighted by molar-refractivity contribution is 4.97. The third-order valence-corrected chi connectivity index (χ3v) is 0.860. The zero-order valence-electron chi connectivity index (χ0n) is 5.29. The van der Waals surface area contributed by atoms with E-state index in [-0.39, 0.29) is 0 Å². The van der Waals surface area contributed by atoms with Gasteiger partial charge in [-0.3, -0.25) is 0 Å². The molecule has 3 nitrogen and oxygen atoms in total. The minimum Gasteiger partial charge on any atom is -0.339 e. The van der Waals surface area contributed by atoms with Gasteiger partial charge in [-0.1, -0.05) is 17.3 Å². The summed E-state index contributed by atoms with van der Waals surface area (Å²) in [5.74, 6) is 0.627. The monoisotopic (exact) mass is 124 g/mol. The van der Waals surface area contributed by atoms with Crippen molar-refractivity contribution < 1.29 is 4.52 Å². The van der Waals surface area contributed by atoms with E-state index in [4.69, 9.17) is 4.52 Å². The topological polar surface area (TPSA) is 38.9 Å². The van der Waals surface area contributed by atoms with E-state index >= 15 is 0 Å². The Morgan fingerprint density at radius 2 is 2.67 bits per heavy atom. The fraction of sp³-hybridized carbons (Fsp3) is 0.333. The molecule has 1 rings (SSSR count). The molecule has 3 heteroatoms. The number of nitrogens with zero attached hydrogens (tertiary/aromatic N) is 2. The fourth-order valence-electron chi connectivity index (χ4n) is 0.532. The lowest BCUT2D eigenvalue weighted by Gasteiger charge is -1.87. The normalized spacial score (nSPS) is 9.44. The number of hydrogen-bond donors (Lipinski definition) is 0. The van der Waals surface area contributed by atoms with Gasteiger partial charge in [-0.05, 0) is 6.92 Å². The van der Waals surface area contributed by atoms with Crippen LogP contribution in [0.1, 0.15) is 12.8 Å². The van der Waals surface area contributed by atoms with E-state index in [1.54, 1.807) is 0 Å². The summed E-state index contributed by atoms with van der Waals surface area (Å²) in [5, 5.41) is 3.45. The average molecular weight is 124 g/mol. The number of allylic oxidation sites excluding steroid dienone is 1. The van der Waals surface area contributed by atoms with Crippen LogP contribution in [0.2, 0.25) is 0 Å². The first-order valence-corrected chi connectivity index (χ1v) is 2.69. The molecule has 0 saturated carbocycles. The van der Waals surface area contributed by atoms with Crippen LogP contribution >= 0.6 is 0 Å². The minimum atomic E-state index is 0.627. The van der Waals surface area contributed by atoms with Crippen LogP contribution in [0.25, 0.3) is 0 Å². The van der Waals surface area contributed by atoms with Gasteiger partial charge in [0.2, 0.25) is 5.89 Å². The van der Waals surface area contributed by atoms with Crippen molar-refractivity contribution in [3.05, 3.63) is 24.4 Å². The number of aromatic nitrogens is 2. The van der Waals surface area contributed by atoms with Gasteiger partial charge in [0, 0.05) is 6.42 Å². The molecule has 0 aliphatic carbocycles. The van der Waals surface area contributed by atoms with E-state index in [0.717, 1.165) is 5.57 Å². The molecule has 0 spiro atoms. The van der Waals surface area contributed by atoms with Crippen LogP contribution in [0.5, 0.6) is 0 Å². The molecule has 0 radical (unpaired) electrons. The van der Waals surface area contributed by atoms with Crippen LogP contribution in [-0.2, 0) is 6.42 Å². The highest BCUT2D eigenvalue weighted by atomic mass is 16.5. The highest BCUT2D eigenvalue weighted by Gasteiger charge is 1.96. The summed E-state index contributed by atoms with van der Waals surface area (Å²) in [6, 6.07) is 0. The molecule has 0 fully saturated rings. The molecule has 1 aromatic rings. The molecular formula is C6H8N2O. The largest absolute Gasteiger partial charge is 0.339 e. The van der Waals surface area contributed by atoms with Gasteiger partial charge in [0.05, 0.1) is 0 Å². The lowest BCUT2D eigenvalue weighted by atomic mass is 10.2. The van der Waals surface area contributed by atoms with Gasteiger partial charge >= 0.3 is 0 Å². The molecule has 1 aromatic heterocycles. The summed E-state index contributed by atoms with van der Waals surface area (Å²) in [4.78, 5) is 3.82. The van der Waals surface area contributed by atoms with Crippen molar-refractivity contribution in [2.75, 3.05) is 0 Å². The maximum Gasteiger partial charge on any atom is 0.230 e. The second kappa shape index (κ2) is 2.44. The predicted molar refractivity (Wildman–Crippen MR) is 32.8 cm³/mol. The average Bonchev–Trinajstić information content (AvgIpc) is 2.15. The summed E-state index contributed by atoms with van der Waals surface area (Å²) >= 11 is 0. The Bertz CT molecular complexity index is 191. The summed E-state index contributed by atoms with van der Waals surface area (Å²) in [7, 11) is 0. The van der Waals surface area contributed by atoms with Gasteiger partial charge in [-0.15, -0.1) is 0 Å². The second-order valence-corrected chi connectivity index (χ2v) is 1.97. The molecule has 48 valence electrons. The third kappa shape index (κ3) is 1.68. The van der Waals surface area contributed by atoms with Gasteiger partial charge in [0.15, 0.2) is 6.33 Å². The standard InChI is InChI=1S/C6H8N2O/c1-5(2)3-6-7-4-8-9-6/h4H,1,3H2,2H3. The van der Waals surface area contributed by atoms with E-state index in [9.17, 15) is 0 Å². The first-order valence-electron chi connectivity index (χ1n) is 2.69. The Kier molecular flexibility index (Phi) is 1.63. The smallest absolute Gasteiger partial charge is 0.230 e. The molecule has 0 saturated heterocycles. The van der Waals surface area contributed by atoms with E-state index in [1.807, 2.05) is 6.92 Å². The molecule has 0 aromatic carbocycles. The van der Waals surface area contributed by atoms with Crippen molar-refractivity contribution in [2.24, 2.45) is 0 Å². The summed E-state index contributed by atoms with van der Waals surface area (Å²) in [5.41, 5.74) is 1.03. The van der Waals surface area contributed by atoms with Crippen LogP contribution < -0.4 is 0 Å². The SMILES string of the molecule is C=C(C)Cc1ncno1. The van der Waals surface area contributed by atoms with Gasteiger partial charge in [-0.25, -0.2) is 0 Å². The van der Waals surface area contributed by atoms with E-state index < -0.39 is 0 Å². The summed E-state index contributed by atoms with van der Waals surface area (Å²) < 4.78 is 4.72.